The Hall–Kier alpha value is 1.09. The first-order chi connectivity index (χ1) is 4.11. The predicted octanol–water partition coefficient (Wildman–Crippen LogP) is 3.65. The van der Waals surface area contributed by atoms with Gasteiger partial charge in [0.05, 0.1) is 0 Å². The van der Waals surface area contributed by atoms with E-state index in [1.165, 1.54) is 0 Å². The normalized spacial score (nSPS) is 20.1. The minimum atomic E-state index is -1.76. The summed E-state index contributed by atoms with van der Waals surface area (Å²) in [7, 11) is 0. The molecular weight excluding hydrogens is 424 g/mol. The van der Waals surface area contributed by atoms with Gasteiger partial charge in [-0.1, -0.05) is 0 Å². The van der Waals surface area contributed by atoms with Gasteiger partial charge < -0.3 is 0 Å². The van der Waals surface area contributed by atoms with Crippen molar-refractivity contribution in [3.63, 3.8) is 0 Å². The standard InChI is InChI=1S/C5H5.CH3.2BrH.Ir/c1-2-4-5-3-1;;;;/h1-3H,4H2;1H3;2*1H;/q;;;;+2/p-2. The Morgan fingerprint density at radius 3 is 2.44 bits per heavy atom. The average molecular weight is 432 g/mol. The summed E-state index contributed by atoms with van der Waals surface area (Å²) in [5.41, 5.74) is 2.28. The van der Waals surface area contributed by atoms with E-state index in [4.69, 9.17) is 0 Å². The zero-order chi connectivity index (χ0) is 6.91. The molecule has 0 unspecified atom stereocenters. The topological polar surface area (TPSA) is 0 Å². The van der Waals surface area contributed by atoms with Gasteiger partial charge in [0.1, 0.15) is 0 Å². The van der Waals surface area contributed by atoms with E-state index in [-0.39, 0.29) is 0 Å². The van der Waals surface area contributed by atoms with E-state index in [2.05, 4.69) is 50.7 Å². The van der Waals surface area contributed by atoms with Crippen LogP contribution in [0.2, 0.25) is 5.44 Å². The fraction of sp³-hybridized carbons (Fsp3) is 0.333. The number of rotatable bonds is 1. The third kappa shape index (κ3) is 2.30. The second-order valence-electron chi connectivity index (χ2n) is 1.81. The number of halogens is 2. The van der Waals surface area contributed by atoms with E-state index in [0.717, 1.165) is 6.42 Å². The molecule has 1 rings (SSSR count). The third-order valence-electron chi connectivity index (χ3n) is 1.09. The molecule has 0 amide bonds. The number of hydrogen-bond donors (Lipinski definition) is 0. The Morgan fingerprint density at radius 2 is 2.22 bits per heavy atom. The molecule has 0 aromatic heterocycles. The molecule has 0 aromatic carbocycles. The summed E-state index contributed by atoms with van der Waals surface area (Å²) in [5.74, 6) is 0. The van der Waals surface area contributed by atoms with Gasteiger partial charge >= 0.3 is 72.4 Å². The molecule has 0 N–H and O–H groups in total. The fourth-order valence-electron chi connectivity index (χ4n) is 0.629. The summed E-state index contributed by atoms with van der Waals surface area (Å²) in [6.45, 7) is 0. The predicted molar refractivity (Wildman–Crippen MR) is 45.6 cm³/mol. The van der Waals surface area contributed by atoms with E-state index < -0.39 is 11.3 Å². The zero-order valence-corrected chi connectivity index (χ0v) is 10.6. The minimum absolute atomic E-state index is 1.15. The van der Waals surface area contributed by atoms with Gasteiger partial charge in [-0.3, -0.25) is 0 Å². The van der Waals surface area contributed by atoms with Crippen molar-refractivity contribution in [1.82, 2.24) is 0 Å². The van der Waals surface area contributed by atoms with Crippen LogP contribution >= 0.6 is 27.0 Å². The molecule has 1 aliphatic carbocycles. The Bertz CT molecular complexity index is 164. The first kappa shape index (κ1) is 8.19. The second-order valence-corrected chi connectivity index (χ2v) is 30.7. The second kappa shape index (κ2) is 3.00. The van der Waals surface area contributed by atoms with Crippen LogP contribution in [0.15, 0.2) is 22.3 Å². The van der Waals surface area contributed by atoms with Gasteiger partial charge in [0.25, 0.3) is 0 Å². The Balaban J connectivity index is 2.66. The summed E-state index contributed by atoms with van der Waals surface area (Å²) in [5, 5.41) is 0. The fourth-order valence-corrected chi connectivity index (χ4v) is 5.91. The van der Waals surface area contributed by atoms with Crippen LogP contribution in [0.4, 0.5) is 0 Å². The molecule has 3 heteroatoms. The van der Waals surface area contributed by atoms with E-state index in [9.17, 15) is 0 Å². The van der Waals surface area contributed by atoms with Crippen LogP contribution in [0.1, 0.15) is 6.42 Å². The van der Waals surface area contributed by atoms with Crippen LogP contribution in [-0.4, -0.2) is 0 Å². The maximum atomic E-state index is 3.70. The molecule has 0 saturated carbocycles. The van der Waals surface area contributed by atoms with Gasteiger partial charge in [-0.25, -0.2) is 0 Å². The molecule has 0 spiro atoms. The van der Waals surface area contributed by atoms with Gasteiger partial charge in [-0.2, -0.15) is 0 Å². The van der Waals surface area contributed by atoms with Crippen molar-refractivity contribution in [3.05, 3.63) is 22.3 Å². The molecule has 0 bridgehead atoms. The van der Waals surface area contributed by atoms with Crippen molar-refractivity contribution < 1.29 is 11.3 Å². The van der Waals surface area contributed by atoms with Crippen molar-refractivity contribution in [3.8, 4) is 0 Å². The zero-order valence-electron chi connectivity index (χ0n) is 5.03. The molecule has 0 heterocycles. The average Bonchev–Trinajstić information content (AvgIpc) is 2.08. The number of hydrogen-bond acceptors (Lipinski definition) is 0. The van der Waals surface area contributed by atoms with Crippen LogP contribution in [0.5, 0.6) is 0 Å². The van der Waals surface area contributed by atoms with Crippen molar-refractivity contribution in [2.45, 2.75) is 11.9 Å². The van der Waals surface area contributed by atoms with Gasteiger partial charge in [-0.05, 0) is 0 Å². The monoisotopic (exact) mass is 431 g/mol. The van der Waals surface area contributed by atoms with Crippen LogP contribution in [0.3, 0.4) is 0 Å². The van der Waals surface area contributed by atoms with Crippen molar-refractivity contribution >= 4 is 27.0 Å². The van der Waals surface area contributed by atoms with E-state index in [0.29, 0.717) is 0 Å². The van der Waals surface area contributed by atoms with Crippen LogP contribution in [-0.2, 0) is 11.3 Å². The van der Waals surface area contributed by atoms with Crippen molar-refractivity contribution in [2.75, 3.05) is 0 Å². The van der Waals surface area contributed by atoms with Crippen molar-refractivity contribution in [1.29, 1.82) is 0 Å². The Morgan fingerprint density at radius 1 is 1.56 bits per heavy atom. The maximum absolute atomic E-state index is 3.70. The summed E-state index contributed by atoms with van der Waals surface area (Å²) >= 11 is 5.65. The van der Waals surface area contributed by atoms with E-state index >= 15 is 0 Å². The number of allylic oxidation sites excluding steroid dienone is 4. The van der Waals surface area contributed by atoms with Crippen LogP contribution in [0.25, 0.3) is 0 Å². The molecule has 0 aliphatic heterocycles. The summed E-state index contributed by atoms with van der Waals surface area (Å²) < 4.78 is 1.56. The Kier molecular flexibility index (Phi) is 2.73. The van der Waals surface area contributed by atoms with Crippen LogP contribution in [0, 0.1) is 0 Å². The quantitative estimate of drug-likeness (QED) is 0.594. The molecule has 0 saturated heterocycles. The molecule has 0 aromatic rings. The van der Waals surface area contributed by atoms with Gasteiger partial charge in [0, 0.05) is 0 Å². The van der Waals surface area contributed by atoms with Crippen molar-refractivity contribution in [2.24, 2.45) is 0 Å². The summed E-state index contributed by atoms with van der Waals surface area (Å²) in [6, 6.07) is 0. The third-order valence-corrected chi connectivity index (χ3v) is 10.2. The van der Waals surface area contributed by atoms with E-state index in [1.54, 1.807) is 4.09 Å². The molecular formula is C6H8Br2Ir. The molecule has 0 nitrogen and oxygen atoms in total. The molecule has 0 atom stereocenters. The van der Waals surface area contributed by atoms with E-state index in [1.807, 2.05) is 0 Å². The molecule has 0 fully saturated rings. The SMILES string of the molecule is [CH3][Ir]([Br])([Br])[C]1=CC=CC1. The molecule has 9 heavy (non-hydrogen) atoms. The van der Waals surface area contributed by atoms with Gasteiger partial charge in [0.2, 0.25) is 0 Å². The molecule has 55 valence electrons. The van der Waals surface area contributed by atoms with Crippen LogP contribution < -0.4 is 0 Å². The molecule has 1 aliphatic rings. The Labute approximate surface area is 71.9 Å². The summed E-state index contributed by atoms with van der Waals surface area (Å²) in [6.07, 6.45) is 7.68. The summed E-state index contributed by atoms with van der Waals surface area (Å²) in [4.78, 5) is 0. The molecule has 0 radical (unpaired) electrons. The first-order valence-corrected chi connectivity index (χ1v) is 16.5. The van der Waals surface area contributed by atoms with Gasteiger partial charge in [-0.15, -0.1) is 0 Å². The van der Waals surface area contributed by atoms with Gasteiger partial charge in [0.15, 0.2) is 0 Å². The first-order valence-electron chi connectivity index (χ1n) is 2.47.